The molecule has 0 aliphatic carbocycles. The third-order valence-corrected chi connectivity index (χ3v) is 11.5. The molecule has 0 amide bonds. The first-order chi connectivity index (χ1) is 31.2. The maximum absolute atomic E-state index is 5.98. The van der Waals surface area contributed by atoms with Crippen molar-refractivity contribution in [1.29, 1.82) is 0 Å². The largest absolute Gasteiger partial charge is 3.00 e. The summed E-state index contributed by atoms with van der Waals surface area (Å²) >= 11 is 0. The molecule has 12 rings (SSSR count). The Balaban J connectivity index is 0.000000202. The molecule has 7 heteroatoms. The van der Waals surface area contributed by atoms with Gasteiger partial charge in [-0.25, -0.2) is 0 Å². The molecular formula is C57H38IrN5O. The van der Waals surface area contributed by atoms with Gasteiger partial charge in [0.1, 0.15) is 5.58 Å². The van der Waals surface area contributed by atoms with Crippen LogP contribution in [0.2, 0.25) is 0 Å². The first kappa shape index (κ1) is 40.4. The first-order valence-corrected chi connectivity index (χ1v) is 20.9. The summed E-state index contributed by atoms with van der Waals surface area (Å²) in [5, 5.41) is 4.70. The van der Waals surface area contributed by atoms with Crippen LogP contribution in [0.4, 0.5) is 0 Å². The van der Waals surface area contributed by atoms with E-state index in [0.717, 1.165) is 73.5 Å². The average molecular weight is 1000 g/mol. The van der Waals surface area contributed by atoms with E-state index in [4.69, 9.17) is 4.42 Å². The van der Waals surface area contributed by atoms with Gasteiger partial charge in [0.15, 0.2) is 0 Å². The van der Waals surface area contributed by atoms with Gasteiger partial charge in [0.2, 0.25) is 0 Å². The van der Waals surface area contributed by atoms with Gasteiger partial charge in [0.05, 0.1) is 22.4 Å². The fourth-order valence-corrected chi connectivity index (χ4v) is 8.61. The minimum Gasteiger partial charge on any atom is -0.501 e. The van der Waals surface area contributed by atoms with Gasteiger partial charge in [-0.1, -0.05) is 83.7 Å². The predicted octanol–water partition coefficient (Wildman–Crippen LogP) is 13.6. The monoisotopic (exact) mass is 1000 g/mol. The molecule has 0 N–H and O–H groups in total. The van der Waals surface area contributed by atoms with Crippen molar-refractivity contribution in [3.63, 3.8) is 0 Å². The first-order valence-electron chi connectivity index (χ1n) is 20.9. The molecule has 0 aliphatic heterocycles. The number of hydrogen-bond donors (Lipinski definition) is 0. The molecule has 7 aromatic carbocycles. The van der Waals surface area contributed by atoms with E-state index in [1.165, 1.54) is 38.5 Å². The second-order valence-corrected chi connectivity index (χ2v) is 15.5. The molecule has 0 saturated carbocycles. The quantitative estimate of drug-likeness (QED) is 0.149. The average Bonchev–Trinajstić information content (AvgIpc) is 4.06. The van der Waals surface area contributed by atoms with Crippen molar-refractivity contribution < 1.29 is 24.5 Å². The van der Waals surface area contributed by atoms with Crippen LogP contribution in [0.15, 0.2) is 205 Å². The van der Waals surface area contributed by atoms with Crippen LogP contribution < -0.4 is 0 Å². The normalized spacial score (nSPS) is 11.1. The summed E-state index contributed by atoms with van der Waals surface area (Å²) in [5.41, 5.74) is 14.8. The molecular weight excluding hydrogens is 963 g/mol. The van der Waals surface area contributed by atoms with Gasteiger partial charge >= 0.3 is 20.1 Å². The zero-order chi connectivity index (χ0) is 42.1. The van der Waals surface area contributed by atoms with Crippen molar-refractivity contribution >= 4 is 43.7 Å². The Labute approximate surface area is 384 Å². The van der Waals surface area contributed by atoms with Crippen LogP contribution in [0.3, 0.4) is 0 Å². The smallest absolute Gasteiger partial charge is 0.501 e. The van der Waals surface area contributed by atoms with Crippen LogP contribution in [0.5, 0.6) is 0 Å². The van der Waals surface area contributed by atoms with Gasteiger partial charge < -0.3 is 23.5 Å². The van der Waals surface area contributed by atoms with E-state index in [1.54, 1.807) is 6.20 Å². The van der Waals surface area contributed by atoms with Gasteiger partial charge in [0.25, 0.3) is 0 Å². The molecule has 0 bridgehead atoms. The molecule has 6 nitrogen and oxygen atoms in total. The number of para-hydroxylation sites is 2. The molecule has 5 heterocycles. The Morgan fingerprint density at radius 2 is 1.36 bits per heavy atom. The Bertz CT molecular complexity index is 3560. The third kappa shape index (κ3) is 7.62. The van der Waals surface area contributed by atoms with Crippen LogP contribution in [0.1, 0.15) is 11.1 Å². The van der Waals surface area contributed by atoms with Crippen molar-refractivity contribution in [1.82, 2.24) is 24.1 Å². The number of rotatable bonds is 7. The summed E-state index contributed by atoms with van der Waals surface area (Å²) in [6.45, 7) is 0. The number of fused-ring (bicyclic) bond motifs is 6. The van der Waals surface area contributed by atoms with Gasteiger partial charge in [-0.05, 0) is 83.0 Å². The van der Waals surface area contributed by atoms with Gasteiger partial charge in [-0.2, -0.15) is 0 Å². The SMILES string of the molecule is Cn1ccnc1-c1[c-]ccc2c1oc1ccccc12.[Ir+3].[c-]1ccccc1-c1cc(-c2cccc3c2c2cc(Cc4cc[c-]c(-c5ccccn5)c4)ccc2n3-c2ccccc2)ccn1. The van der Waals surface area contributed by atoms with E-state index >= 15 is 0 Å². The van der Waals surface area contributed by atoms with Crippen molar-refractivity contribution in [3.05, 3.63) is 230 Å². The molecule has 0 fully saturated rings. The molecule has 0 atom stereocenters. The molecule has 5 aromatic heterocycles. The molecule has 0 aliphatic rings. The van der Waals surface area contributed by atoms with Crippen molar-refractivity contribution in [3.8, 4) is 50.7 Å². The number of pyridine rings is 2. The van der Waals surface area contributed by atoms with E-state index in [2.05, 4.69) is 141 Å². The molecule has 0 unspecified atom stereocenters. The van der Waals surface area contributed by atoms with Gasteiger partial charge in [0, 0.05) is 53.7 Å². The van der Waals surface area contributed by atoms with Crippen LogP contribution in [-0.4, -0.2) is 24.1 Å². The summed E-state index contributed by atoms with van der Waals surface area (Å²) < 4.78 is 10.3. The Morgan fingerprint density at radius 1 is 0.547 bits per heavy atom. The summed E-state index contributed by atoms with van der Waals surface area (Å²) in [6, 6.07) is 70.7. The third-order valence-electron chi connectivity index (χ3n) is 11.5. The molecule has 12 aromatic rings. The van der Waals surface area contributed by atoms with Crippen LogP contribution in [0, 0.1) is 18.2 Å². The summed E-state index contributed by atoms with van der Waals surface area (Å²) in [5.74, 6) is 0.865. The Kier molecular flexibility index (Phi) is 11.1. The maximum Gasteiger partial charge on any atom is 3.00 e. The predicted molar refractivity (Wildman–Crippen MR) is 254 cm³/mol. The van der Waals surface area contributed by atoms with Gasteiger partial charge in [-0.15, -0.1) is 89.5 Å². The topological polar surface area (TPSA) is 61.7 Å². The Hall–Kier alpha value is -7.70. The van der Waals surface area contributed by atoms with Crippen LogP contribution >= 0.6 is 0 Å². The minimum absolute atomic E-state index is 0. The van der Waals surface area contributed by atoms with E-state index in [-0.39, 0.29) is 20.1 Å². The number of furan rings is 1. The fraction of sp³-hybridized carbons (Fsp3) is 0.0351. The molecule has 64 heavy (non-hydrogen) atoms. The number of aryl methyl sites for hydroxylation is 1. The summed E-state index contributed by atoms with van der Waals surface area (Å²) in [4.78, 5) is 13.6. The zero-order valence-corrected chi connectivity index (χ0v) is 37.1. The Morgan fingerprint density at radius 3 is 2.20 bits per heavy atom. The standard InChI is InChI=1S/C41H27N3.C16H11N2O.Ir/c1-3-12-31(13-4-1)38-28-32(22-24-43-38)35-17-10-19-40-41(35)36-27-30(20-21-39(36)44(40)34-15-5-2-6-16-34)25-29-11-9-14-33(26-29)37-18-7-8-23-42-37;1-18-10-9-17-16(18)13-7-4-6-12-11-5-2-3-8-14(11)19-15(12)13;/h1-12,15-24,26-28H,25H2;2-6,8-10H,1H3;/q-2;-1;+3. The molecule has 0 radical (unpaired) electrons. The number of hydrogen-bond acceptors (Lipinski definition) is 4. The van der Waals surface area contributed by atoms with Crippen molar-refractivity contribution in [2.75, 3.05) is 0 Å². The second-order valence-electron chi connectivity index (χ2n) is 15.5. The summed E-state index contributed by atoms with van der Waals surface area (Å²) in [7, 11) is 1.97. The number of imidazole rings is 1. The van der Waals surface area contributed by atoms with E-state index < -0.39 is 0 Å². The number of aromatic nitrogens is 5. The summed E-state index contributed by atoms with van der Waals surface area (Å²) in [6.07, 6.45) is 8.24. The van der Waals surface area contributed by atoms with Crippen molar-refractivity contribution in [2.24, 2.45) is 7.05 Å². The molecule has 0 spiro atoms. The molecule has 306 valence electrons. The van der Waals surface area contributed by atoms with Crippen LogP contribution in [-0.2, 0) is 33.6 Å². The minimum atomic E-state index is 0. The maximum atomic E-state index is 5.98. The fourth-order valence-electron chi connectivity index (χ4n) is 8.61. The van der Waals surface area contributed by atoms with E-state index in [9.17, 15) is 0 Å². The zero-order valence-electron chi connectivity index (χ0n) is 34.7. The number of nitrogens with zero attached hydrogens (tertiary/aromatic N) is 5. The van der Waals surface area contributed by atoms with Crippen molar-refractivity contribution in [2.45, 2.75) is 6.42 Å². The second kappa shape index (κ2) is 17.6. The van der Waals surface area contributed by atoms with E-state index in [1.807, 2.05) is 103 Å². The van der Waals surface area contributed by atoms with E-state index in [0.29, 0.717) is 0 Å². The van der Waals surface area contributed by atoms with Crippen LogP contribution in [0.25, 0.3) is 94.5 Å². The van der Waals surface area contributed by atoms with Gasteiger partial charge in [-0.3, -0.25) is 4.98 Å². The molecule has 0 saturated heterocycles. The number of benzene rings is 7.